The zero-order chi connectivity index (χ0) is 22.9. The van der Waals surface area contributed by atoms with Crippen LogP contribution >= 0.6 is 0 Å². The van der Waals surface area contributed by atoms with Gasteiger partial charge in [0, 0.05) is 42.9 Å². The molecule has 3 aromatic rings. The van der Waals surface area contributed by atoms with E-state index in [-0.39, 0.29) is 35.5 Å². The molecular formula is C25H21N3O5. The molecule has 33 heavy (non-hydrogen) atoms. The van der Waals surface area contributed by atoms with Gasteiger partial charge < -0.3 is 14.6 Å². The number of nitrogens with zero attached hydrogens (tertiary/aromatic N) is 2. The van der Waals surface area contributed by atoms with Gasteiger partial charge in [0.1, 0.15) is 0 Å². The second-order valence-corrected chi connectivity index (χ2v) is 8.03. The molecule has 1 saturated heterocycles. The quantitative estimate of drug-likeness (QED) is 0.520. The van der Waals surface area contributed by atoms with Crippen molar-refractivity contribution in [2.24, 2.45) is 0 Å². The minimum absolute atomic E-state index is 0.116. The molecule has 1 fully saturated rings. The van der Waals surface area contributed by atoms with E-state index in [1.807, 2.05) is 4.90 Å². The fraction of sp³-hybridized carbons (Fsp3) is 0.200. The third-order valence-electron chi connectivity index (χ3n) is 5.99. The molecule has 2 aliphatic rings. The maximum Gasteiger partial charge on any atom is 0.289 e. The van der Waals surface area contributed by atoms with Gasteiger partial charge in [-0.25, -0.2) is 0 Å². The number of carbonyl (C=O) groups excluding carboxylic acids is 4. The Bertz CT molecular complexity index is 1260. The summed E-state index contributed by atoms with van der Waals surface area (Å²) >= 11 is 0. The van der Waals surface area contributed by atoms with Gasteiger partial charge in [0.25, 0.3) is 5.91 Å². The molecule has 1 aliphatic carbocycles. The summed E-state index contributed by atoms with van der Waals surface area (Å²) in [5.41, 5.74) is 1.57. The Morgan fingerprint density at radius 3 is 2.21 bits per heavy atom. The lowest BCUT2D eigenvalue weighted by Crippen LogP contribution is -2.50. The van der Waals surface area contributed by atoms with Gasteiger partial charge in [-0.1, -0.05) is 36.4 Å². The Morgan fingerprint density at radius 2 is 1.52 bits per heavy atom. The number of amides is 2. The number of hydrogen-bond donors (Lipinski definition) is 1. The predicted molar refractivity (Wildman–Crippen MR) is 119 cm³/mol. The van der Waals surface area contributed by atoms with Crippen molar-refractivity contribution in [3.05, 3.63) is 88.9 Å². The molecule has 0 saturated carbocycles. The minimum atomic E-state index is -0.284. The maximum atomic E-state index is 13.1. The van der Waals surface area contributed by atoms with Crippen molar-refractivity contribution in [3.63, 3.8) is 0 Å². The van der Waals surface area contributed by atoms with Crippen LogP contribution in [0.4, 0.5) is 5.69 Å². The Balaban J connectivity index is 1.25. The minimum Gasteiger partial charge on any atom is -0.459 e. The molecule has 0 spiro atoms. The number of fused-ring (bicyclic) bond motifs is 2. The van der Waals surface area contributed by atoms with Gasteiger partial charge in [0.05, 0.1) is 24.1 Å². The Kier molecular flexibility index (Phi) is 5.35. The lowest BCUT2D eigenvalue weighted by atomic mass is 9.83. The standard InChI is InChI=1S/C25H21N3O5/c29-21(15-27-10-12-28(13-11-27)25(32)20-9-4-14-33-20)26-19-8-3-7-18-22(19)24(31)17-6-2-1-5-16(17)23(18)30/h1-9,14H,10-13,15H2,(H,26,29). The van der Waals surface area contributed by atoms with Gasteiger partial charge in [-0.15, -0.1) is 0 Å². The molecular weight excluding hydrogens is 422 g/mol. The van der Waals surface area contributed by atoms with Crippen LogP contribution in [0.15, 0.2) is 65.3 Å². The molecule has 8 heteroatoms. The summed E-state index contributed by atoms with van der Waals surface area (Å²) in [5.74, 6) is -0.651. The molecule has 5 rings (SSSR count). The average Bonchev–Trinajstić information content (AvgIpc) is 3.37. The van der Waals surface area contributed by atoms with Crippen LogP contribution in [0.5, 0.6) is 0 Å². The number of benzene rings is 2. The van der Waals surface area contributed by atoms with Crippen LogP contribution < -0.4 is 5.32 Å². The smallest absolute Gasteiger partial charge is 0.289 e. The number of piperazine rings is 1. The van der Waals surface area contributed by atoms with Crippen LogP contribution in [0.2, 0.25) is 0 Å². The van der Waals surface area contributed by atoms with E-state index in [2.05, 4.69) is 5.32 Å². The monoisotopic (exact) mass is 443 g/mol. The molecule has 2 amide bonds. The summed E-state index contributed by atoms with van der Waals surface area (Å²) in [6.07, 6.45) is 1.47. The second kappa shape index (κ2) is 8.48. The third kappa shape index (κ3) is 3.85. The maximum absolute atomic E-state index is 13.1. The highest BCUT2D eigenvalue weighted by molar-refractivity contribution is 6.30. The molecule has 0 atom stereocenters. The molecule has 2 heterocycles. The van der Waals surface area contributed by atoms with Crippen molar-refractivity contribution in [1.82, 2.24) is 9.80 Å². The summed E-state index contributed by atoms with van der Waals surface area (Å²) in [5, 5.41) is 2.81. The molecule has 1 N–H and O–H groups in total. The highest BCUT2D eigenvalue weighted by atomic mass is 16.3. The summed E-state index contributed by atoms with van der Waals surface area (Å²) < 4.78 is 5.17. The zero-order valence-corrected chi connectivity index (χ0v) is 17.7. The molecule has 0 unspecified atom stereocenters. The molecule has 0 radical (unpaired) electrons. The van der Waals surface area contributed by atoms with Gasteiger partial charge in [-0.3, -0.25) is 24.1 Å². The third-order valence-corrected chi connectivity index (χ3v) is 5.99. The molecule has 8 nitrogen and oxygen atoms in total. The van der Waals surface area contributed by atoms with E-state index in [0.29, 0.717) is 54.3 Å². The van der Waals surface area contributed by atoms with E-state index in [1.54, 1.807) is 59.5 Å². The van der Waals surface area contributed by atoms with E-state index in [0.717, 1.165) is 0 Å². The predicted octanol–water partition coefficient (Wildman–Crippen LogP) is 2.45. The lowest BCUT2D eigenvalue weighted by Gasteiger charge is -2.33. The zero-order valence-electron chi connectivity index (χ0n) is 17.7. The molecule has 1 aliphatic heterocycles. The topological polar surface area (TPSA) is 99.9 Å². The van der Waals surface area contributed by atoms with E-state index >= 15 is 0 Å². The summed E-state index contributed by atoms with van der Waals surface area (Å²) in [6.45, 7) is 2.16. The fourth-order valence-electron chi connectivity index (χ4n) is 4.31. The van der Waals surface area contributed by atoms with E-state index < -0.39 is 0 Å². The number of hydrogen-bond acceptors (Lipinski definition) is 6. The molecule has 1 aromatic heterocycles. The van der Waals surface area contributed by atoms with Crippen LogP contribution in [-0.4, -0.2) is 65.9 Å². The van der Waals surface area contributed by atoms with Crippen LogP contribution in [0.25, 0.3) is 0 Å². The van der Waals surface area contributed by atoms with E-state index in [9.17, 15) is 19.2 Å². The van der Waals surface area contributed by atoms with Crippen molar-refractivity contribution < 1.29 is 23.6 Å². The first-order chi connectivity index (χ1) is 16.0. The fourth-order valence-corrected chi connectivity index (χ4v) is 4.31. The first-order valence-electron chi connectivity index (χ1n) is 10.7. The summed E-state index contributed by atoms with van der Waals surface area (Å²) in [7, 11) is 0. The van der Waals surface area contributed by atoms with E-state index in [4.69, 9.17) is 4.42 Å². The van der Waals surface area contributed by atoms with Crippen LogP contribution in [0.1, 0.15) is 42.4 Å². The largest absolute Gasteiger partial charge is 0.459 e. The lowest BCUT2D eigenvalue weighted by molar-refractivity contribution is -0.117. The highest BCUT2D eigenvalue weighted by Crippen LogP contribution is 2.31. The Labute approximate surface area is 189 Å². The summed E-state index contributed by atoms with van der Waals surface area (Å²) in [4.78, 5) is 54.7. The van der Waals surface area contributed by atoms with Gasteiger partial charge in [0.2, 0.25) is 5.91 Å². The first kappa shape index (κ1) is 20.8. The van der Waals surface area contributed by atoms with E-state index in [1.165, 1.54) is 6.26 Å². The summed E-state index contributed by atoms with van der Waals surface area (Å²) in [6, 6.07) is 14.9. The van der Waals surface area contributed by atoms with Crippen LogP contribution in [-0.2, 0) is 4.79 Å². The van der Waals surface area contributed by atoms with Gasteiger partial charge in [-0.05, 0) is 18.2 Å². The average molecular weight is 443 g/mol. The number of furan rings is 1. The highest BCUT2D eigenvalue weighted by Gasteiger charge is 2.32. The van der Waals surface area contributed by atoms with Crippen molar-refractivity contribution in [3.8, 4) is 0 Å². The van der Waals surface area contributed by atoms with Crippen molar-refractivity contribution in [2.45, 2.75) is 0 Å². The first-order valence-corrected chi connectivity index (χ1v) is 10.7. The number of rotatable bonds is 4. The van der Waals surface area contributed by atoms with Gasteiger partial charge >= 0.3 is 0 Å². The Hall–Kier alpha value is -4.04. The van der Waals surface area contributed by atoms with Crippen molar-refractivity contribution in [2.75, 3.05) is 38.0 Å². The molecule has 166 valence electrons. The molecule has 2 aromatic carbocycles. The van der Waals surface area contributed by atoms with Crippen LogP contribution in [0.3, 0.4) is 0 Å². The Morgan fingerprint density at radius 1 is 0.818 bits per heavy atom. The number of carbonyl (C=O) groups is 4. The van der Waals surface area contributed by atoms with Crippen LogP contribution in [0, 0.1) is 0 Å². The van der Waals surface area contributed by atoms with Gasteiger partial charge in [0.15, 0.2) is 17.3 Å². The second-order valence-electron chi connectivity index (χ2n) is 8.03. The van der Waals surface area contributed by atoms with Crippen molar-refractivity contribution >= 4 is 29.1 Å². The number of anilines is 1. The SMILES string of the molecule is O=C(CN1CCN(C(=O)c2ccco2)CC1)Nc1cccc2c1C(=O)c1ccccc1C2=O. The van der Waals surface area contributed by atoms with Gasteiger partial charge in [-0.2, -0.15) is 0 Å². The molecule has 0 bridgehead atoms. The number of nitrogens with one attached hydrogen (secondary N) is 1. The van der Waals surface area contributed by atoms with Crippen molar-refractivity contribution in [1.29, 1.82) is 0 Å². The number of ketones is 2. The normalized spacial score (nSPS) is 15.7.